The van der Waals surface area contributed by atoms with E-state index >= 15 is 0 Å². The van der Waals surface area contributed by atoms with Crippen molar-refractivity contribution in [1.82, 2.24) is 20.0 Å². The second kappa shape index (κ2) is 7.16. The van der Waals surface area contributed by atoms with E-state index in [1.54, 1.807) is 6.07 Å². The lowest BCUT2D eigenvalue weighted by Gasteiger charge is -2.37. The van der Waals surface area contributed by atoms with Crippen LogP contribution in [0.2, 0.25) is 5.02 Å². The molecule has 1 unspecified atom stereocenters. The van der Waals surface area contributed by atoms with E-state index in [9.17, 15) is 0 Å². The predicted molar refractivity (Wildman–Crippen MR) is 89.8 cm³/mol. The summed E-state index contributed by atoms with van der Waals surface area (Å²) in [6.07, 6.45) is 0.771. The number of aromatic nitrogens is 3. The molecule has 126 valence electrons. The zero-order valence-electron chi connectivity index (χ0n) is 13.7. The first-order valence-corrected chi connectivity index (χ1v) is 8.38. The van der Waals surface area contributed by atoms with Gasteiger partial charge in [-0.1, -0.05) is 23.7 Å². The quantitative estimate of drug-likeness (QED) is 0.840. The zero-order valence-corrected chi connectivity index (χ0v) is 14.5. The third-order valence-corrected chi connectivity index (χ3v) is 4.59. The predicted octanol–water partition coefficient (Wildman–Crippen LogP) is 2.44. The highest BCUT2D eigenvalue weighted by molar-refractivity contribution is 6.31. The van der Waals surface area contributed by atoms with Gasteiger partial charge in [-0.3, -0.25) is 4.90 Å². The van der Waals surface area contributed by atoms with Crippen molar-refractivity contribution in [1.29, 1.82) is 5.26 Å². The maximum Gasteiger partial charge on any atom is 0.243 e. The molecule has 2 aromatic heterocycles. The number of nitriles is 1. The minimum absolute atomic E-state index is 0.0906. The van der Waals surface area contributed by atoms with E-state index in [0.29, 0.717) is 10.9 Å². The number of pyridine rings is 1. The van der Waals surface area contributed by atoms with Crippen molar-refractivity contribution >= 4 is 17.4 Å². The molecule has 8 heteroatoms. The molecular formula is C16H19ClN6O. The molecule has 0 bridgehead atoms. The number of hydrogen-bond donors (Lipinski definition) is 0. The number of halogens is 1. The van der Waals surface area contributed by atoms with E-state index < -0.39 is 0 Å². The van der Waals surface area contributed by atoms with Crippen LogP contribution in [-0.4, -0.2) is 46.2 Å². The summed E-state index contributed by atoms with van der Waals surface area (Å²) in [5.41, 5.74) is 0.267. The van der Waals surface area contributed by atoms with Gasteiger partial charge in [0.2, 0.25) is 5.89 Å². The summed E-state index contributed by atoms with van der Waals surface area (Å²) >= 11 is 5.95. The highest BCUT2D eigenvalue weighted by atomic mass is 35.5. The number of nitrogens with zero attached hydrogens (tertiary/aromatic N) is 6. The largest absolute Gasteiger partial charge is 0.354 e. The Balaban J connectivity index is 1.64. The van der Waals surface area contributed by atoms with E-state index in [2.05, 4.69) is 31.8 Å². The number of anilines is 1. The average molecular weight is 347 g/mol. The lowest BCUT2D eigenvalue weighted by molar-refractivity contribution is 0.164. The fraction of sp³-hybridized carbons (Fsp3) is 0.500. The molecule has 2 aromatic rings. The number of rotatable bonds is 4. The van der Waals surface area contributed by atoms with Gasteiger partial charge in [-0.05, 0) is 19.1 Å². The molecular weight excluding hydrogens is 328 g/mol. The molecule has 3 heterocycles. The monoisotopic (exact) mass is 346 g/mol. The molecule has 1 aliphatic rings. The molecule has 0 aliphatic carbocycles. The van der Waals surface area contributed by atoms with Crippen molar-refractivity contribution in [3.8, 4) is 6.07 Å². The van der Waals surface area contributed by atoms with Crippen LogP contribution in [0.3, 0.4) is 0 Å². The molecule has 0 saturated carbocycles. The van der Waals surface area contributed by atoms with Gasteiger partial charge in [0.1, 0.15) is 11.9 Å². The first-order valence-electron chi connectivity index (χ1n) is 8.00. The van der Waals surface area contributed by atoms with E-state index in [0.717, 1.165) is 44.2 Å². The van der Waals surface area contributed by atoms with Crippen molar-refractivity contribution in [2.24, 2.45) is 0 Å². The van der Waals surface area contributed by atoms with Crippen LogP contribution in [0.1, 0.15) is 37.3 Å². The van der Waals surface area contributed by atoms with Gasteiger partial charge in [0.05, 0.1) is 11.1 Å². The highest BCUT2D eigenvalue weighted by Gasteiger charge is 2.26. The van der Waals surface area contributed by atoms with E-state index in [1.807, 2.05) is 19.1 Å². The van der Waals surface area contributed by atoms with Gasteiger partial charge in [-0.2, -0.15) is 10.2 Å². The van der Waals surface area contributed by atoms with Gasteiger partial charge in [0, 0.05) is 32.6 Å². The Morgan fingerprint density at radius 2 is 2.04 bits per heavy atom. The fourth-order valence-electron chi connectivity index (χ4n) is 2.76. The van der Waals surface area contributed by atoms with Gasteiger partial charge in [0.15, 0.2) is 11.5 Å². The van der Waals surface area contributed by atoms with Crippen LogP contribution >= 0.6 is 11.6 Å². The third kappa shape index (κ3) is 3.35. The van der Waals surface area contributed by atoms with E-state index in [4.69, 9.17) is 21.4 Å². The van der Waals surface area contributed by atoms with Crippen LogP contribution in [0.4, 0.5) is 5.82 Å². The lowest BCUT2D eigenvalue weighted by atomic mass is 10.2. The van der Waals surface area contributed by atoms with Crippen molar-refractivity contribution in [2.45, 2.75) is 26.3 Å². The molecule has 0 N–H and O–H groups in total. The van der Waals surface area contributed by atoms with Crippen LogP contribution in [0, 0.1) is 11.3 Å². The highest BCUT2D eigenvalue weighted by Crippen LogP contribution is 2.23. The summed E-state index contributed by atoms with van der Waals surface area (Å²) in [5, 5.41) is 13.4. The molecule has 3 rings (SSSR count). The molecule has 0 aromatic carbocycles. The summed E-state index contributed by atoms with van der Waals surface area (Å²) < 4.78 is 5.35. The van der Waals surface area contributed by atoms with Crippen LogP contribution < -0.4 is 4.90 Å². The topological polar surface area (TPSA) is 82.1 Å². The van der Waals surface area contributed by atoms with Crippen molar-refractivity contribution in [2.75, 3.05) is 31.1 Å². The van der Waals surface area contributed by atoms with E-state index in [-0.39, 0.29) is 11.7 Å². The zero-order chi connectivity index (χ0) is 17.1. The standard InChI is InChI=1S/C16H19ClN6O/c1-3-14-20-16(24-21-14)11(2)22-6-8-23(9-7-22)15-5-4-12(17)13(10-18)19-15/h4-5,11H,3,6-9H2,1-2H3. The van der Waals surface area contributed by atoms with Gasteiger partial charge in [-0.15, -0.1) is 0 Å². The minimum atomic E-state index is 0.0906. The molecule has 0 radical (unpaired) electrons. The Hall–Kier alpha value is -2.17. The normalized spacial score (nSPS) is 16.8. The maximum atomic E-state index is 9.06. The number of piperazine rings is 1. The molecule has 0 spiro atoms. The molecule has 7 nitrogen and oxygen atoms in total. The Kier molecular flexibility index (Phi) is 4.97. The SMILES string of the molecule is CCc1noc(C(C)N2CCN(c3ccc(Cl)c(C#N)n3)CC2)n1. The Bertz CT molecular complexity index is 747. The molecule has 24 heavy (non-hydrogen) atoms. The van der Waals surface area contributed by atoms with Crippen molar-refractivity contribution in [3.63, 3.8) is 0 Å². The second-order valence-electron chi connectivity index (χ2n) is 5.71. The first kappa shape index (κ1) is 16.7. The summed E-state index contributed by atoms with van der Waals surface area (Å²) in [7, 11) is 0. The molecule has 1 aliphatic heterocycles. The van der Waals surface area contributed by atoms with Crippen molar-refractivity contribution in [3.05, 3.63) is 34.6 Å². The molecule has 1 fully saturated rings. The van der Waals surface area contributed by atoms with Crippen molar-refractivity contribution < 1.29 is 4.52 Å². The van der Waals surface area contributed by atoms with Gasteiger partial charge >= 0.3 is 0 Å². The Labute approximate surface area is 145 Å². The maximum absolute atomic E-state index is 9.06. The van der Waals surface area contributed by atoms with Gasteiger partial charge in [0.25, 0.3) is 0 Å². The fourth-order valence-corrected chi connectivity index (χ4v) is 2.91. The minimum Gasteiger partial charge on any atom is -0.354 e. The van der Waals surface area contributed by atoms with Gasteiger partial charge < -0.3 is 9.42 Å². The molecule has 0 amide bonds. The van der Waals surface area contributed by atoms with Crippen LogP contribution in [0.5, 0.6) is 0 Å². The lowest BCUT2D eigenvalue weighted by Crippen LogP contribution is -2.47. The summed E-state index contributed by atoms with van der Waals surface area (Å²) in [4.78, 5) is 13.2. The smallest absolute Gasteiger partial charge is 0.243 e. The molecule has 1 atom stereocenters. The van der Waals surface area contributed by atoms with Crippen LogP contribution in [-0.2, 0) is 6.42 Å². The average Bonchev–Trinajstić information content (AvgIpc) is 3.11. The second-order valence-corrected chi connectivity index (χ2v) is 6.12. The summed E-state index contributed by atoms with van der Waals surface area (Å²) in [6.45, 7) is 7.44. The summed E-state index contributed by atoms with van der Waals surface area (Å²) in [6, 6.07) is 5.69. The summed E-state index contributed by atoms with van der Waals surface area (Å²) in [5.74, 6) is 2.19. The van der Waals surface area contributed by atoms with Crippen LogP contribution in [0.25, 0.3) is 0 Å². The van der Waals surface area contributed by atoms with Gasteiger partial charge in [-0.25, -0.2) is 4.98 Å². The van der Waals surface area contributed by atoms with E-state index in [1.165, 1.54) is 0 Å². The number of hydrogen-bond acceptors (Lipinski definition) is 7. The number of aryl methyl sites for hydroxylation is 1. The third-order valence-electron chi connectivity index (χ3n) is 4.28. The Morgan fingerprint density at radius 1 is 1.29 bits per heavy atom. The van der Waals surface area contributed by atoms with Crippen LogP contribution in [0.15, 0.2) is 16.7 Å². The Morgan fingerprint density at radius 3 is 2.67 bits per heavy atom. The first-order chi connectivity index (χ1) is 11.6. The molecule has 1 saturated heterocycles.